The van der Waals surface area contributed by atoms with Gasteiger partial charge in [0.25, 0.3) is 5.91 Å². The summed E-state index contributed by atoms with van der Waals surface area (Å²) in [7, 11) is 0. The zero-order valence-corrected chi connectivity index (χ0v) is 11.2. The minimum atomic E-state index is 0.133. The lowest BCUT2D eigenvalue weighted by Crippen LogP contribution is -2.37. The standard InChI is InChI=1S/C13H15N3O2S/c14-12-8-10(15-18-12)9-3-5-16(6-4-9)13(17)11-2-1-7-19-11/h1-2,7-9H,3-6,14H2. The molecule has 0 saturated carbocycles. The van der Waals surface area contributed by atoms with E-state index in [0.717, 1.165) is 36.5 Å². The number of rotatable bonds is 2. The monoisotopic (exact) mass is 277 g/mol. The number of carbonyl (C=O) groups excluding carboxylic acids is 1. The van der Waals surface area contributed by atoms with Crippen molar-refractivity contribution in [3.05, 3.63) is 34.2 Å². The number of aromatic nitrogens is 1. The predicted octanol–water partition coefficient (Wildman–Crippen LogP) is 2.34. The first-order valence-corrected chi connectivity index (χ1v) is 7.17. The molecular formula is C13H15N3O2S. The van der Waals surface area contributed by atoms with Gasteiger partial charge >= 0.3 is 0 Å². The van der Waals surface area contributed by atoms with E-state index in [2.05, 4.69) is 5.16 Å². The number of likely N-dealkylation sites (tertiary alicyclic amines) is 1. The van der Waals surface area contributed by atoms with Crippen LogP contribution >= 0.6 is 11.3 Å². The molecule has 0 aliphatic carbocycles. The second kappa shape index (κ2) is 5.05. The number of amides is 1. The summed E-state index contributed by atoms with van der Waals surface area (Å²) < 4.78 is 4.90. The summed E-state index contributed by atoms with van der Waals surface area (Å²) >= 11 is 1.49. The summed E-state index contributed by atoms with van der Waals surface area (Å²) in [5, 5.41) is 5.89. The van der Waals surface area contributed by atoms with Gasteiger partial charge in [-0.25, -0.2) is 0 Å². The van der Waals surface area contributed by atoms with Crippen LogP contribution in [0.15, 0.2) is 28.1 Å². The van der Waals surface area contributed by atoms with Crippen molar-refractivity contribution >= 4 is 23.1 Å². The molecular weight excluding hydrogens is 262 g/mol. The summed E-state index contributed by atoms with van der Waals surface area (Å²) in [5.74, 6) is 0.827. The van der Waals surface area contributed by atoms with E-state index in [4.69, 9.17) is 10.3 Å². The molecule has 1 fully saturated rings. The van der Waals surface area contributed by atoms with Crippen molar-refractivity contribution in [1.29, 1.82) is 0 Å². The van der Waals surface area contributed by atoms with Crippen LogP contribution < -0.4 is 5.73 Å². The van der Waals surface area contributed by atoms with Gasteiger partial charge < -0.3 is 15.2 Å². The van der Waals surface area contributed by atoms with E-state index in [0.29, 0.717) is 11.8 Å². The molecule has 2 aromatic rings. The fourth-order valence-electron chi connectivity index (χ4n) is 2.43. The molecule has 19 heavy (non-hydrogen) atoms. The third-order valence-corrected chi connectivity index (χ3v) is 4.34. The van der Waals surface area contributed by atoms with Crippen LogP contribution in [0.1, 0.15) is 34.1 Å². The topological polar surface area (TPSA) is 72.4 Å². The Labute approximate surface area is 115 Å². The normalized spacial score (nSPS) is 16.7. The van der Waals surface area contributed by atoms with Crippen molar-refractivity contribution in [1.82, 2.24) is 10.1 Å². The lowest BCUT2D eigenvalue weighted by atomic mass is 9.93. The van der Waals surface area contributed by atoms with E-state index in [-0.39, 0.29) is 5.91 Å². The van der Waals surface area contributed by atoms with E-state index in [1.807, 2.05) is 22.4 Å². The minimum Gasteiger partial charge on any atom is -0.368 e. The Morgan fingerprint density at radius 2 is 2.26 bits per heavy atom. The van der Waals surface area contributed by atoms with Crippen LogP contribution in [0.3, 0.4) is 0 Å². The molecule has 5 nitrogen and oxygen atoms in total. The van der Waals surface area contributed by atoms with E-state index in [1.54, 1.807) is 6.07 Å². The molecule has 100 valence electrons. The molecule has 3 rings (SSSR count). The van der Waals surface area contributed by atoms with Gasteiger partial charge in [-0.15, -0.1) is 11.3 Å². The Morgan fingerprint density at radius 1 is 1.47 bits per heavy atom. The molecule has 6 heteroatoms. The van der Waals surface area contributed by atoms with E-state index >= 15 is 0 Å². The molecule has 0 atom stereocenters. The Morgan fingerprint density at radius 3 is 2.84 bits per heavy atom. The van der Waals surface area contributed by atoms with Crippen LogP contribution in [0.5, 0.6) is 0 Å². The molecule has 1 saturated heterocycles. The van der Waals surface area contributed by atoms with Crippen molar-refractivity contribution in [3.8, 4) is 0 Å². The molecule has 1 aliphatic heterocycles. The van der Waals surface area contributed by atoms with Crippen LogP contribution in [0.2, 0.25) is 0 Å². The summed E-state index contributed by atoms with van der Waals surface area (Å²) in [6.07, 6.45) is 1.81. The maximum atomic E-state index is 12.2. The Kier molecular flexibility index (Phi) is 3.25. The van der Waals surface area contributed by atoms with Crippen molar-refractivity contribution in [2.75, 3.05) is 18.8 Å². The zero-order valence-electron chi connectivity index (χ0n) is 10.4. The Balaban J connectivity index is 1.62. The fraction of sp³-hybridized carbons (Fsp3) is 0.385. The molecule has 1 aliphatic rings. The number of anilines is 1. The lowest BCUT2D eigenvalue weighted by molar-refractivity contribution is 0.0716. The third-order valence-electron chi connectivity index (χ3n) is 3.48. The zero-order chi connectivity index (χ0) is 13.2. The summed E-state index contributed by atoms with van der Waals surface area (Å²) in [4.78, 5) is 14.9. The van der Waals surface area contributed by atoms with Gasteiger partial charge in [0.05, 0.1) is 10.6 Å². The lowest BCUT2D eigenvalue weighted by Gasteiger charge is -2.30. The summed E-state index contributed by atoms with van der Waals surface area (Å²) in [6.45, 7) is 1.52. The van der Waals surface area contributed by atoms with Gasteiger partial charge in [-0.1, -0.05) is 11.2 Å². The number of hydrogen-bond donors (Lipinski definition) is 1. The van der Waals surface area contributed by atoms with Gasteiger partial charge in [-0.2, -0.15) is 0 Å². The second-order valence-electron chi connectivity index (χ2n) is 4.70. The largest absolute Gasteiger partial charge is 0.368 e. The maximum absolute atomic E-state index is 12.2. The van der Waals surface area contributed by atoms with Gasteiger partial charge in [-0.05, 0) is 24.3 Å². The Bertz CT molecular complexity index is 556. The highest BCUT2D eigenvalue weighted by atomic mass is 32.1. The number of hydrogen-bond acceptors (Lipinski definition) is 5. The molecule has 0 unspecified atom stereocenters. The molecule has 1 amide bonds. The molecule has 0 radical (unpaired) electrons. The predicted molar refractivity (Wildman–Crippen MR) is 73.1 cm³/mol. The number of nitrogens with zero attached hydrogens (tertiary/aromatic N) is 2. The molecule has 0 aromatic carbocycles. The number of carbonyl (C=O) groups is 1. The second-order valence-corrected chi connectivity index (χ2v) is 5.65. The average Bonchev–Trinajstić information content (AvgIpc) is 3.09. The smallest absolute Gasteiger partial charge is 0.263 e. The van der Waals surface area contributed by atoms with Crippen molar-refractivity contribution in [2.45, 2.75) is 18.8 Å². The van der Waals surface area contributed by atoms with Crippen molar-refractivity contribution in [3.63, 3.8) is 0 Å². The van der Waals surface area contributed by atoms with Crippen LogP contribution in [0, 0.1) is 0 Å². The summed E-state index contributed by atoms with van der Waals surface area (Å²) in [6, 6.07) is 5.56. The Hall–Kier alpha value is -1.82. The van der Waals surface area contributed by atoms with Gasteiger partial charge in [0.15, 0.2) is 0 Å². The van der Waals surface area contributed by atoms with Gasteiger partial charge in [0.2, 0.25) is 5.88 Å². The van der Waals surface area contributed by atoms with E-state index < -0.39 is 0 Å². The highest BCUT2D eigenvalue weighted by Crippen LogP contribution is 2.29. The van der Waals surface area contributed by atoms with Gasteiger partial charge in [0, 0.05) is 25.1 Å². The molecule has 2 aromatic heterocycles. The SMILES string of the molecule is Nc1cc(C2CCN(C(=O)c3cccs3)CC2)no1. The van der Waals surface area contributed by atoms with Gasteiger partial charge in [0.1, 0.15) is 0 Å². The van der Waals surface area contributed by atoms with Crippen molar-refractivity contribution < 1.29 is 9.32 Å². The van der Waals surface area contributed by atoms with E-state index in [1.165, 1.54) is 11.3 Å². The first-order chi connectivity index (χ1) is 9.24. The third kappa shape index (κ3) is 2.49. The first kappa shape index (κ1) is 12.2. The van der Waals surface area contributed by atoms with Crippen LogP contribution in [0.4, 0.5) is 5.88 Å². The molecule has 0 bridgehead atoms. The van der Waals surface area contributed by atoms with Crippen LogP contribution in [-0.4, -0.2) is 29.1 Å². The molecule has 2 N–H and O–H groups in total. The number of nitrogen functional groups attached to an aromatic ring is 1. The van der Waals surface area contributed by atoms with Crippen LogP contribution in [0.25, 0.3) is 0 Å². The maximum Gasteiger partial charge on any atom is 0.263 e. The highest BCUT2D eigenvalue weighted by Gasteiger charge is 2.26. The highest BCUT2D eigenvalue weighted by molar-refractivity contribution is 7.12. The van der Waals surface area contributed by atoms with Gasteiger partial charge in [-0.3, -0.25) is 4.79 Å². The quantitative estimate of drug-likeness (QED) is 0.914. The molecule has 0 spiro atoms. The molecule has 3 heterocycles. The number of nitrogens with two attached hydrogens (primary N) is 1. The van der Waals surface area contributed by atoms with Crippen LogP contribution in [-0.2, 0) is 0 Å². The summed E-state index contributed by atoms with van der Waals surface area (Å²) in [5.41, 5.74) is 6.44. The van der Waals surface area contributed by atoms with Crippen molar-refractivity contribution in [2.24, 2.45) is 0 Å². The first-order valence-electron chi connectivity index (χ1n) is 6.29. The average molecular weight is 277 g/mol. The fourth-order valence-corrected chi connectivity index (χ4v) is 3.12. The number of thiophene rings is 1. The number of piperidine rings is 1. The minimum absolute atomic E-state index is 0.133. The van der Waals surface area contributed by atoms with E-state index in [9.17, 15) is 4.79 Å².